The first-order chi connectivity index (χ1) is 12.9. The Morgan fingerprint density at radius 3 is 2.81 bits per heavy atom. The van der Waals surface area contributed by atoms with Crippen LogP contribution in [-0.2, 0) is 30.0 Å². The lowest BCUT2D eigenvalue weighted by Gasteiger charge is -2.48. The molecule has 3 heterocycles. The molecule has 2 aliphatic rings. The number of hydrogen-bond acceptors (Lipinski definition) is 8. The van der Waals surface area contributed by atoms with Crippen molar-refractivity contribution in [1.29, 1.82) is 0 Å². The van der Waals surface area contributed by atoms with Gasteiger partial charge >= 0.3 is 5.97 Å². The second-order valence-corrected chi connectivity index (χ2v) is 7.12. The number of carboxylic acids is 1. The number of carboxylic acid groups (broad SMARTS) is 1. The number of nitrogens with zero attached hydrogens (tertiary/aromatic N) is 2. The van der Waals surface area contributed by atoms with E-state index in [0.717, 1.165) is 4.90 Å². The van der Waals surface area contributed by atoms with Crippen LogP contribution < -0.4 is 5.32 Å². The summed E-state index contributed by atoms with van der Waals surface area (Å²) in [5.74, 6) is -3.10. The topological polar surface area (TPSA) is 159 Å². The molecular weight excluding hydrogens is 382 g/mol. The number of aliphatic hydroxyl groups excluding tert-OH is 1. The monoisotopic (exact) mass is 397 g/mol. The van der Waals surface area contributed by atoms with Gasteiger partial charge in [-0.25, -0.2) is 4.79 Å². The average molecular weight is 397 g/mol. The predicted molar refractivity (Wildman–Crippen MR) is 89.6 cm³/mol. The zero-order chi connectivity index (χ0) is 19.7. The van der Waals surface area contributed by atoms with Crippen molar-refractivity contribution in [3.05, 3.63) is 35.4 Å². The standard InChI is InChI=1S/C15H15N3O8S/c1-25-17-9(8-3-2-4-26-8)12(20)16-10-13(21)18-11(15(22)23)7(5-19)6-27(24)14(10)18/h2-4,10,14,19H,5-6H2,1H3,(H,16,20)(H,22,23)/b17-9-/t10-,14-,27?/m1/s1. The zero-order valence-electron chi connectivity index (χ0n) is 13.9. The number of carbonyl (C=O) groups is 3. The molecule has 1 saturated heterocycles. The third kappa shape index (κ3) is 3.13. The van der Waals surface area contributed by atoms with Crippen molar-refractivity contribution in [3.63, 3.8) is 0 Å². The second kappa shape index (κ2) is 7.32. The highest BCUT2D eigenvalue weighted by molar-refractivity contribution is 7.86. The summed E-state index contributed by atoms with van der Waals surface area (Å²) in [7, 11) is -0.476. The molecule has 1 fully saturated rings. The molecular formula is C15H15N3O8S. The van der Waals surface area contributed by atoms with Gasteiger partial charge in [-0.1, -0.05) is 5.16 Å². The highest BCUT2D eigenvalue weighted by Crippen LogP contribution is 2.34. The summed E-state index contributed by atoms with van der Waals surface area (Å²) in [5, 5.41) is 23.5. The summed E-state index contributed by atoms with van der Waals surface area (Å²) >= 11 is 0. The first kappa shape index (κ1) is 18.8. The van der Waals surface area contributed by atoms with Crippen molar-refractivity contribution >= 4 is 34.3 Å². The Bertz CT molecular complexity index is 876. The van der Waals surface area contributed by atoms with Gasteiger partial charge < -0.3 is 24.8 Å². The van der Waals surface area contributed by atoms with Crippen molar-refractivity contribution in [3.8, 4) is 0 Å². The Morgan fingerprint density at radius 1 is 1.52 bits per heavy atom. The van der Waals surface area contributed by atoms with Crippen LogP contribution in [0.5, 0.6) is 0 Å². The van der Waals surface area contributed by atoms with Gasteiger partial charge in [-0.15, -0.1) is 0 Å². The van der Waals surface area contributed by atoms with Gasteiger partial charge in [0.25, 0.3) is 11.8 Å². The third-order valence-electron chi connectivity index (χ3n) is 4.04. The van der Waals surface area contributed by atoms with Crippen LogP contribution in [0, 0.1) is 0 Å². The molecule has 3 N–H and O–H groups in total. The number of furan rings is 1. The summed E-state index contributed by atoms with van der Waals surface area (Å²) in [5.41, 5.74) is -0.651. The lowest BCUT2D eigenvalue weighted by atomic mass is 10.0. The maximum Gasteiger partial charge on any atom is 0.352 e. The number of fused-ring (bicyclic) bond motifs is 1. The molecule has 0 spiro atoms. The van der Waals surface area contributed by atoms with E-state index in [2.05, 4.69) is 15.3 Å². The fourth-order valence-electron chi connectivity index (χ4n) is 2.89. The average Bonchev–Trinajstić information content (AvgIpc) is 3.16. The Labute approximate surface area is 154 Å². The molecule has 144 valence electrons. The van der Waals surface area contributed by atoms with E-state index in [-0.39, 0.29) is 22.8 Å². The highest BCUT2D eigenvalue weighted by Gasteiger charge is 2.57. The van der Waals surface area contributed by atoms with Crippen LogP contribution in [0.15, 0.2) is 39.2 Å². The number of β-lactam (4-membered cyclic amide) rings is 1. The minimum atomic E-state index is -1.70. The molecule has 0 aromatic carbocycles. The highest BCUT2D eigenvalue weighted by atomic mass is 32.2. The maximum atomic E-state index is 12.5. The molecule has 1 aromatic rings. The van der Waals surface area contributed by atoms with Gasteiger partial charge in [-0.2, -0.15) is 0 Å². The summed E-state index contributed by atoms with van der Waals surface area (Å²) in [6.45, 7) is -0.635. The van der Waals surface area contributed by atoms with Gasteiger partial charge in [0.2, 0.25) is 5.71 Å². The van der Waals surface area contributed by atoms with Crippen LogP contribution in [0.1, 0.15) is 5.76 Å². The van der Waals surface area contributed by atoms with Crippen LogP contribution in [0.4, 0.5) is 0 Å². The van der Waals surface area contributed by atoms with Crippen molar-refractivity contribution in [2.45, 2.75) is 11.4 Å². The largest absolute Gasteiger partial charge is 0.477 e. The summed E-state index contributed by atoms with van der Waals surface area (Å²) < 4.78 is 17.5. The van der Waals surface area contributed by atoms with Gasteiger partial charge in [-0.05, 0) is 17.7 Å². The molecule has 2 aliphatic heterocycles. The zero-order valence-corrected chi connectivity index (χ0v) is 14.8. The first-order valence-corrected chi connectivity index (χ1v) is 9.01. The van der Waals surface area contributed by atoms with E-state index in [1.165, 1.54) is 25.5 Å². The molecule has 1 aromatic heterocycles. The molecule has 0 saturated carbocycles. The van der Waals surface area contributed by atoms with E-state index in [4.69, 9.17) is 4.42 Å². The van der Waals surface area contributed by atoms with Crippen molar-refractivity contribution in [1.82, 2.24) is 10.2 Å². The summed E-state index contributed by atoms with van der Waals surface area (Å²) in [4.78, 5) is 41.8. The van der Waals surface area contributed by atoms with Crippen molar-refractivity contribution in [2.24, 2.45) is 5.16 Å². The molecule has 11 nitrogen and oxygen atoms in total. The van der Waals surface area contributed by atoms with Gasteiger partial charge in [0, 0.05) is 0 Å². The Morgan fingerprint density at radius 2 is 2.26 bits per heavy atom. The lowest BCUT2D eigenvalue weighted by Crippen LogP contribution is -2.74. The number of aliphatic carboxylic acids is 1. The van der Waals surface area contributed by atoms with Gasteiger partial charge in [0.15, 0.2) is 5.76 Å². The van der Waals surface area contributed by atoms with Crippen molar-refractivity contribution < 1.29 is 38.1 Å². The van der Waals surface area contributed by atoms with E-state index in [0.29, 0.717) is 0 Å². The molecule has 1 unspecified atom stereocenters. The van der Waals surface area contributed by atoms with Crippen LogP contribution >= 0.6 is 0 Å². The Balaban J connectivity index is 1.84. The van der Waals surface area contributed by atoms with Crippen LogP contribution in [0.3, 0.4) is 0 Å². The molecule has 12 heteroatoms. The second-order valence-electron chi connectivity index (χ2n) is 5.59. The van der Waals surface area contributed by atoms with E-state index >= 15 is 0 Å². The number of oxime groups is 1. The minimum Gasteiger partial charge on any atom is -0.477 e. The van der Waals surface area contributed by atoms with E-state index in [9.17, 15) is 28.8 Å². The van der Waals surface area contributed by atoms with Crippen LogP contribution in [0.25, 0.3) is 0 Å². The smallest absolute Gasteiger partial charge is 0.352 e. The van der Waals surface area contributed by atoms with Gasteiger partial charge in [0.1, 0.15) is 24.2 Å². The van der Waals surface area contributed by atoms with E-state index in [1.54, 1.807) is 0 Å². The molecule has 3 atom stereocenters. The number of nitrogens with one attached hydrogen (secondary N) is 1. The predicted octanol–water partition coefficient (Wildman–Crippen LogP) is -1.62. The van der Waals surface area contributed by atoms with Gasteiger partial charge in [-0.3, -0.25) is 18.7 Å². The number of amides is 2. The van der Waals surface area contributed by atoms with Crippen LogP contribution in [0.2, 0.25) is 0 Å². The lowest BCUT2D eigenvalue weighted by molar-refractivity contribution is -0.150. The summed E-state index contributed by atoms with van der Waals surface area (Å²) in [6, 6.07) is 1.79. The number of rotatable bonds is 6. The number of hydrogen-bond donors (Lipinski definition) is 3. The third-order valence-corrected chi connectivity index (χ3v) is 5.69. The Hall–Kier alpha value is -2.99. The number of carbonyl (C=O) groups excluding carboxylic acids is 2. The SMILES string of the molecule is CO/N=C(\C(=O)N[C@@H]1C(=O)N2C(C(=O)O)=C(CO)CS(=O)[C@H]12)c1ccco1. The molecule has 0 radical (unpaired) electrons. The maximum absolute atomic E-state index is 12.5. The van der Waals surface area contributed by atoms with Crippen molar-refractivity contribution in [2.75, 3.05) is 19.5 Å². The molecule has 0 bridgehead atoms. The fourth-order valence-corrected chi connectivity index (χ4v) is 4.56. The summed E-state index contributed by atoms with van der Waals surface area (Å²) in [6.07, 6.45) is 1.32. The minimum absolute atomic E-state index is 0.00701. The van der Waals surface area contributed by atoms with Gasteiger partial charge in [0.05, 0.1) is 29.4 Å². The van der Waals surface area contributed by atoms with Crippen LogP contribution in [-0.4, -0.2) is 73.7 Å². The molecule has 0 aliphatic carbocycles. The number of aliphatic hydroxyl groups is 1. The molecule has 2 amide bonds. The molecule has 3 rings (SSSR count). The first-order valence-electron chi connectivity index (χ1n) is 7.63. The normalized spacial score (nSPS) is 25.0. The quantitative estimate of drug-likeness (QED) is 0.293. The van der Waals surface area contributed by atoms with E-state index < -0.39 is 52.3 Å². The molecule has 27 heavy (non-hydrogen) atoms. The fraction of sp³-hybridized carbons (Fsp3) is 0.333. The van der Waals surface area contributed by atoms with E-state index in [1.807, 2.05) is 0 Å². The Kier molecular flexibility index (Phi) is 5.10.